The first-order valence-corrected chi connectivity index (χ1v) is 26.7. The Kier molecular flexibility index (Phi) is 24.6. The lowest BCUT2D eigenvalue weighted by atomic mass is 10.0. The molecule has 0 unspecified atom stereocenters. The van der Waals surface area contributed by atoms with Crippen LogP contribution in [-0.4, -0.2) is 160 Å². The maximum atomic E-state index is 14.6. The summed E-state index contributed by atoms with van der Waals surface area (Å²) in [7, 11) is 2.01. The van der Waals surface area contributed by atoms with Crippen molar-refractivity contribution in [2.45, 2.75) is 113 Å². The first-order valence-electron chi connectivity index (χ1n) is 24.2. The number of carbonyl (C=O) groups is 11. The molecule has 29 heteroatoms. The summed E-state index contributed by atoms with van der Waals surface area (Å²) in [5.41, 5.74) is 34.7. The minimum absolute atomic E-state index is 0.00244. The zero-order valence-corrected chi connectivity index (χ0v) is 43.2. The Balaban J connectivity index is 1.70. The third-order valence-corrected chi connectivity index (χ3v) is 14.4. The van der Waals surface area contributed by atoms with Gasteiger partial charge < -0.3 is 81.6 Å². The zero-order valence-electron chi connectivity index (χ0n) is 41.5. The number of likely N-dealkylation sites (tertiary alicyclic amines) is 1. The number of guanidine groups is 1. The Bertz CT molecular complexity index is 2430. The van der Waals surface area contributed by atoms with Gasteiger partial charge in [0.25, 0.3) is 0 Å². The van der Waals surface area contributed by atoms with Gasteiger partial charge >= 0.3 is 0 Å². The highest BCUT2D eigenvalue weighted by Gasteiger charge is 2.40. The van der Waals surface area contributed by atoms with Crippen LogP contribution in [0.25, 0.3) is 0 Å². The summed E-state index contributed by atoms with van der Waals surface area (Å²) in [6, 6.07) is 3.32. The van der Waals surface area contributed by atoms with Gasteiger partial charge in [-0.2, -0.15) is 0 Å². The standard InChI is InChI=1S/C47H67N15O12S2/c48-28-23-75-76-24-34(46(74)62-19-5-9-35(62)45(73)58-29(8-4-18-54-47(52)53)40(68)55-22-38(51)66)61-44(72)33(21-37(50)65)60-42(70)31(16-17-36(49)64)57-43(71)32(20-26-6-2-1-3-7-26)59-41(69)30(56-39(28)67)15-12-25-10-13-27(63)14-11-25/h1-3,6-7,10-11,13-14,28-35,63H,4-5,8-9,12,15-24,48H2,(H2,49,64)(H2,50,65)(H2,51,66)(H,55,68)(H,56,67)(H,57,71)(H,58,73)(H,59,69)(H,60,70)(H,61,72)(H4,52,53,54)/t28-,29-,30-,31-,32-,33-,34-,35-/m0/s1. The molecule has 20 N–H and O–H groups in total. The summed E-state index contributed by atoms with van der Waals surface area (Å²) in [6.45, 7) is -0.438. The highest BCUT2D eigenvalue weighted by molar-refractivity contribution is 8.76. The molecule has 0 radical (unpaired) electrons. The van der Waals surface area contributed by atoms with E-state index in [0.717, 1.165) is 21.6 Å². The molecule has 0 bridgehead atoms. The molecule has 0 aromatic heterocycles. The molecular formula is C47H67N15O12S2. The molecule has 11 amide bonds. The minimum atomic E-state index is -1.79. The van der Waals surface area contributed by atoms with Crippen molar-refractivity contribution in [1.29, 1.82) is 0 Å². The van der Waals surface area contributed by atoms with E-state index in [9.17, 15) is 57.8 Å². The number of aliphatic imine (C=N–C) groups is 1. The zero-order chi connectivity index (χ0) is 55.9. The minimum Gasteiger partial charge on any atom is -0.508 e. The molecule has 0 aliphatic carbocycles. The quantitative estimate of drug-likeness (QED) is 0.0255. The SMILES string of the molecule is NC(=O)CC[C@@H]1NC(=O)[C@H](Cc2ccccc2)NC(=O)[C@H](CCc2ccc(O)cc2)NC(=O)[C@@H](N)CSSC[C@@H](C(=O)N2CCC[C@H]2C(=O)N[C@@H](CCCN=C(N)N)C(=O)NCC(N)=O)NC(=O)[C@H](CC(N)=O)NC1=O. The second-order valence-electron chi connectivity index (χ2n) is 17.9. The van der Waals surface area contributed by atoms with Crippen LogP contribution in [0.1, 0.15) is 62.5 Å². The van der Waals surface area contributed by atoms with Crippen molar-refractivity contribution >= 4 is 92.5 Å². The lowest BCUT2D eigenvalue weighted by Crippen LogP contribution is -2.61. The van der Waals surface area contributed by atoms with Crippen molar-refractivity contribution in [1.82, 2.24) is 42.1 Å². The van der Waals surface area contributed by atoms with Gasteiger partial charge in [-0.1, -0.05) is 64.1 Å². The number of hydrogen-bond donors (Lipinski definition) is 14. The van der Waals surface area contributed by atoms with Crippen LogP contribution in [0.3, 0.4) is 0 Å². The Labute approximate surface area is 445 Å². The van der Waals surface area contributed by atoms with Crippen LogP contribution < -0.4 is 71.6 Å². The lowest BCUT2D eigenvalue weighted by molar-refractivity contribution is -0.142. The van der Waals surface area contributed by atoms with Crippen LogP contribution in [0.15, 0.2) is 59.6 Å². The number of phenolic OH excluding ortho intramolecular Hbond substituents is 1. The maximum Gasteiger partial charge on any atom is 0.246 e. The molecule has 0 saturated carbocycles. The highest BCUT2D eigenvalue weighted by atomic mass is 33.1. The first-order chi connectivity index (χ1) is 36.1. The van der Waals surface area contributed by atoms with Crippen LogP contribution in [-0.2, 0) is 65.6 Å². The summed E-state index contributed by atoms with van der Waals surface area (Å²) in [5.74, 6) is -10.3. The van der Waals surface area contributed by atoms with E-state index >= 15 is 0 Å². The Morgan fingerprint density at radius 2 is 1.32 bits per heavy atom. The predicted octanol–water partition coefficient (Wildman–Crippen LogP) is -5.01. The number of nitrogens with one attached hydrogen (secondary N) is 7. The van der Waals surface area contributed by atoms with Gasteiger partial charge in [0.2, 0.25) is 65.0 Å². The summed E-state index contributed by atoms with van der Waals surface area (Å²) in [4.78, 5) is 153. The van der Waals surface area contributed by atoms with Crippen molar-refractivity contribution in [3.63, 3.8) is 0 Å². The lowest BCUT2D eigenvalue weighted by Gasteiger charge is -2.31. The van der Waals surface area contributed by atoms with E-state index in [2.05, 4.69) is 42.2 Å². The molecule has 2 aliphatic heterocycles. The topological polar surface area (TPSA) is 464 Å². The second kappa shape index (κ2) is 30.6. The van der Waals surface area contributed by atoms with Gasteiger partial charge in [0.15, 0.2) is 5.96 Å². The molecular weight excluding hydrogens is 1030 g/mol. The van der Waals surface area contributed by atoms with Gasteiger partial charge in [-0.15, -0.1) is 0 Å². The van der Waals surface area contributed by atoms with Gasteiger partial charge in [0.1, 0.15) is 48.0 Å². The molecule has 414 valence electrons. The molecule has 4 rings (SSSR count). The average molecular weight is 1100 g/mol. The van der Waals surface area contributed by atoms with Crippen molar-refractivity contribution in [2.24, 2.45) is 39.4 Å². The molecule has 2 fully saturated rings. The molecule has 76 heavy (non-hydrogen) atoms. The summed E-state index contributed by atoms with van der Waals surface area (Å²) < 4.78 is 0. The number of aromatic hydroxyl groups is 1. The third-order valence-electron chi connectivity index (χ3n) is 11.9. The number of nitrogens with two attached hydrogens (primary N) is 6. The fourth-order valence-corrected chi connectivity index (χ4v) is 10.2. The summed E-state index contributed by atoms with van der Waals surface area (Å²) in [6.07, 6.45) is -1.01. The Morgan fingerprint density at radius 1 is 0.711 bits per heavy atom. The van der Waals surface area contributed by atoms with E-state index in [1.807, 2.05) is 0 Å². The molecule has 27 nitrogen and oxygen atoms in total. The van der Waals surface area contributed by atoms with Crippen LogP contribution >= 0.6 is 21.6 Å². The molecule has 8 atom stereocenters. The number of phenols is 1. The van der Waals surface area contributed by atoms with E-state index < -0.39 is 139 Å². The summed E-state index contributed by atoms with van der Waals surface area (Å²) >= 11 is 0. The van der Waals surface area contributed by atoms with Crippen molar-refractivity contribution in [3.8, 4) is 5.75 Å². The van der Waals surface area contributed by atoms with Gasteiger partial charge in [0, 0.05) is 37.4 Å². The Hall–Kier alpha value is -7.66. The third kappa shape index (κ3) is 20.6. The second-order valence-corrected chi connectivity index (χ2v) is 20.5. The monoisotopic (exact) mass is 1100 g/mol. The van der Waals surface area contributed by atoms with E-state index in [1.54, 1.807) is 42.5 Å². The number of rotatable bonds is 20. The fourth-order valence-electron chi connectivity index (χ4n) is 7.96. The number of amides is 11. The van der Waals surface area contributed by atoms with E-state index in [-0.39, 0.29) is 74.8 Å². The number of nitrogens with zero attached hydrogens (tertiary/aromatic N) is 2. The molecule has 0 spiro atoms. The maximum absolute atomic E-state index is 14.6. The van der Waals surface area contributed by atoms with Crippen LogP contribution in [0.5, 0.6) is 5.75 Å². The van der Waals surface area contributed by atoms with E-state index in [0.29, 0.717) is 17.5 Å². The largest absolute Gasteiger partial charge is 0.508 e. The van der Waals surface area contributed by atoms with Crippen LogP contribution in [0, 0.1) is 0 Å². The molecule has 2 aromatic rings. The van der Waals surface area contributed by atoms with Gasteiger partial charge in [-0.25, -0.2) is 0 Å². The number of primary amides is 3. The smallest absolute Gasteiger partial charge is 0.246 e. The van der Waals surface area contributed by atoms with Gasteiger partial charge in [-0.05, 0) is 68.2 Å². The fraction of sp³-hybridized carbons (Fsp3) is 0.489. The van der Waals surface area contributed by atoms with E-state index in [1.165, 1.54) is 17.0 Å². The Morgan fingerprint density at radius 3 is 1.96 bits per heavy atom. The van der Waals surface area contributed by atoms with Crippen molar-refractivity contribution < 1.29 is 57.8 Å². The molecule has 2 saturated heterocycles. The molecule has 2 aromatic carbocycles. The number of carbonyl (C=O) groups excluding carboxylic acids is 11. The number of benzene rings is 2. The predicted molar refractivity (Wildman–Crippen MR) is 280 cm³/mol. The number of hydrogen-bond acceptors (Lipinski definition) is 16. The van der Waals surface area contributed by atoms with Crippen molar-refractivity contribution in [2.75, 3.05) is 31.1 Å². The van der Waals surface area contributed by atoms with Gasteiger partial charge in [0.05, 0.1) is 19.0 Å². The number of aryl methyl sites for hydroxylation is 1. The van der Waals surface area contributed by atoms with E-state index in [4.69, 9.17) is 34.4 Å². The highest BCUT2D eigenvalue weighted by Crippen LogP contribution is 2.26. The average Bonchev–Trinajstić information content (AvgIpc) is 3.87. The summed E-state index contributed by atoms with van der Waals surface area (Å²) in [5, 5.41) is 27.6. The van der Waals surface area contributed by atoms with Crippen LogP contribution in [0.2, 0.25) is 0 Å². The normalized spacial score (nSPS) is 22.5. The molecule has 2 aliphatic rings. The first kappa shape index (κ1) is 60.9. The van der Waals surface area contributed by atoms with Crippen molar-refractivity contribution in [3.05, 3.63) is 65.7 Å². The van der Waals surface area contributed by atoms with Crippen LogP contribution in [0.4, 0.5) is 0 Å². The molecule has 2 heterocycles. The van der Waals surface area contributed by atoms with Gasteiger partial charge in [-0.3, -0.25) is 57.7 Å².